The normalized spacial score (nSPS) is 18.0. The van der Waals surface area contributed by atoms with Gasteiger partial charge in [0.15, 0.2) is 5.78 Å². The molecule has 1 aliphatic carbocycles. The van der Waals surface area contributed by atoms with Crippen LogP contribution in [0.5, 0.6) is 0 Å². The first-order valence-electron chi connectivity index (χ1n) is 10.1. The molecule has 3 aromatic rings. The van der Waals surface area contributed by atoms with Gasteiger partial charge in [-0.05, 0) is 61.4 Å². The Morgan fingerprint density at radius 3 is 2.65 bits per heavy atom. The molecule has 0 saturated carbocycles. The number of amides is 2. The van der Waals surface area contributed by atoms with Gasteiger partial charge in [-0.15, -0.1) is 0 Å². The molecule has 0 bridgehead atoms. The summed E-state index contributed by atoms with van der Waals surface area (Å²) in [5, 5.41) is 6.93. The zero-order valence-corrected chi connectivity index (χ0v) is 17.4. The zero-order chi connectivity index (χ0) is 21.4. The third-order valence-corrected chi connectivity index (χ3v) is 5.82. The number of anilines is 3. The minimum atomic E-state index is -0.679. The van der Waals surface area contributed by atoms with Crippen LogP contribution < -0.4 is 15.5 Å². The molecule has 2 aromatic carbocycles. The van der Waals surface area contributed by atoms with Crippen LogP contribution in [0.15, 0.2) is 82.6 Å². The van der Waals surface area contributed by atoms with Gasteiger partial charge in [-0.1, -0.05) is 23.7 Å². The highest BCUT2D eigenvalue weighted by Crippen LogP contribution is 2.45. The molecule has 31 heavy (non-hydrogen) atoms. The molecule has 0 saturated heterocycles. The van der Waals surface area contributed by atoms with Gasteiger partial charge in [0.25, 0.3) is 0 Å². The highest BCUT2D eigenvalue weighted by atomic mass is 35.5. The fourth-order valence-corrected chi connectivity index (χ4v) is 4.32. The first kappa shape index (κ1) is 19.5. The summed E-state index contributed by atoms with van der Waals surface area (Å²) in [6.07, 6.45) is 3.51. The van der Waals surface area contributed by atoms with Crippen molar-refractivity contribution in [2.45, 2.75) is 25.3 Å². The number of hydrogen-bond donors (Lipinski definition) is 2. The number of nitrogens with zero attached hydrogens (tertiary/aromatic N) is 1. The first-order valence-corrected chi connectivity index (χ1v) is 10.5. The molecule has 0 spiro atoms. The summed E-state index contributed by atoms with van der Waals surface area (Å²) in [7, 11) is 0. The van der Waals surface area contributed by atoms with Crippen LogP contribution in [-0.2, 0) is 4.79 Å². The highest BCUT2D eigenvalue weighted by molar-refractivity contribution is 6.30. The second-order valence-corrected chi connectivity index (χ2v) is 7.97. The molecule has 6 nitrogen and oxygen atoms in total. The molecule has 0 fully saturated rings. The number of hydrogen-bond acceptors (Lipinski definition) is 4. The Morgan fingerprint density at radius 2 is 1.87 bits per heavy atom. The van der Waals surface area contributed by atoms with Crippen LogP contribution >= 0.6 is 11.6 Å². The average molecular weight is 434 g/mol. The zero-order valence-electron chi connectivity index (χ0n) is 16.6. The summed E-state index contributed by atoms with van der Waals surface area (Å²) in [5.41, 5.74) is 3.45. The Hall–Kier alpha value is -3.51. The molecule has 1 aromatic heterocycles. The third-order valence-electron chi connectivity index (χ3n) is 5.56. The number of rotatable bonds is 2. The number of carbonyl (C=O) groups is 2. The topological polar surface area (TPSA) is 74.6 Å². The van der Waals surface area contributed by atoms with Crippen molar-refractivity contribution in [3.63, 3.8) is 0 Å². The number of ketones is 1. The van der Waals surface area contributed by atoms with Crippen molar-refractivity contribution in [1.29, 1.82) is 0 Å². The van der Waals surface area contributed by atoms with Crippen LogP contribution in [0.25, 0.3) is 0 Å². The lowest BCUT2D eigenvalue weighted by atomic mass is 9.88. The number of para-hydroxylation sites is 2. The number of benzene rings is 2. The van der Waals surface area contributed by atoms with Gasteiger partial charge in [0, 0.05) is 28.4 Å². The van der Waals surface area contributed by atoms with Gasteiger partial charge in [-0.3, -0.25) is 9.69 Å². The molecule has 0 unspecified atom stereocenters. The number of Topliss-reactive ketones (excluding diaryl/α,β-unsaturated/α-hetero) is 1. The fourth-order valence-electron chi connectivity index (χ4n) is 4.19. The third kappa shape index (κ3) is 3.59. The van der Waals surface area contributed by atoms with E-state index < -0.39 is 6.04 Å². The standard InChI is InChI=1S/C24H20ClN3O3/c25-15-10-12-16(13-11-15)26-24(30)28-19-7-2-1-5-17(19)27-18-6-3-8-20(29)22(18)23(28)21-9-4-14-31-21/h1-2,4-5,7,9-14,23,27H,3,6,8H2,(H,26,30)/t23-/m0/s1. The maximum atomic E-state index is 13.6. The monoisotopic (exact) mass is 433 g/mol. The number of halogens is 1. The molecule has 0 radical (unpaired) electrons. The number of urea groups is 1. The minimum absolute atomic E-state index is 0.0206. The molecule has 1 aliphatic heterocycles. The van der Waals surface area contributed by atoms with Crippen LogP contribution in [0.4, 0.5) is 21.9 Å². The molecule has 156 valence electrons. The molecule has 1 atom stereocenters. The molecule has 2 amide bonds. The Balaban J connectivity index is 1.66. The van der Waals surface area contributed by atoms with Crippen molar-refractivity contribution in [3.8, 4) is 0 Å². The molecule has 7 heteroatoms. The predicted molar refractivity (Wildman–Crippen MR) is 120 cm³/mol. The van der Waals surface area contributed by atoms with Crippen molar-refractivity contribution < 1.29 is 14.0 Å². The Labute approximate surface area is 184 Å². The predicted octanol–water partition coefficient (Wildman–Crippen LogP) is 6.15. The van der Waals surface area contributed by atoms with E-state index >= 15 is 0 Å². The van der Waals surface area contributed by atoms with E-state index in [2.05, 4.69) is 10.6 Å². The smallest absolute Gasteiger partial charge is 0.327 e. The van der Waals surface area contributed by atoms with Crippen molar-refractivity contribution in [1.82, 2.24) is 0 Å². The Kier molecular flexibility index (Phi) is 5.00. The summed E-state index contributed by atoms with van der Waals surface area (Å²) in [6, 6.07) is 17.0. The van der Waals surface area contributed by atoms with Crippen LogP contribution in [0.3, 0.4) is 0 Å². The summed E-state index contributed by atoms with van der Waals surface area (Å²) in [5.74, 6) is 0.555. The SMILES string of the molecule is O=C1CCCC2=C1[C@H](c1ccco1)N(C(=O)Nc1ccc(Cl)cc1)c1ccccc1N2. The van der Waals surface area contributed by atoms with E-state index in [1.54, 1.807) is 47.6 Å². The van der Waals surface area contributed by atoms with Gasteiger partial charge < -0.3 is 15.1 Å². The number of fused-ring (bicyclic) bond motifs is 1. The highest BCUT2D eigenvalue weighted by Gasteiger charge is 2.40. The number of allylic oxidation sites excluding steroid dienone is 1. The maximum Gasteiger partial charge on any atom is 0.327 e. The molecule has 2 aliphatic rings. The van der Waals surface area contributed by atoms with Crippen LogP contribution in [0, 0.1) is 0 Å². The van der Waals surface area contributed by atoms with Gasteiger partial charge in [0.1, 0.15) is 11.8 Å². The van der Waals surface area contributed by atoms with E-state index in [0.717, 1.165) is 24.2 Å². The minimum Gasteiger partial charge on any atom is -0.467 e. The van der Waals surface area contributed by atoms with Gasteiger partial charge >= 0.3 is 6.03 Å². The van der Waals surface area contributed by atoms with Crippen molar-refractivity contribution in [2.75, 3.05) is 15.5 Å². The van der Waals surface area contributed by atoms with Crippen LogP contribution in [0.2, 0.25) is 5.02 Å². The van der Waals surface area contributed by atoms with Crippen molar-refractivity contribution in [3.05, 3.63) is 89.0 Å². The molecule has 2 heterocycles. The second-order valence-electron chi connectivity index (χ2n) is 7.54. The Bertz CT molecular complexity index is 1170. The number of nitrogens with one attached hydrogen (secondary N) is 2. The maximum absolute atomic E-state index is 13.6. The van der Waals surface area contributed by atoms with Gasteiger partial charge in [-0.25, -0.2) is 4.79 Å². The van der Waals surface area contributed by atoms with E-state index in [1.165, 1.54) is 0 Å². The number of carbonyl (C=O) groups excluding carboxylic acids is 2. The first-order chi connectivity index (χ1) is 15.1. The lowest BCUT2D eigenvalue weighted by molar-refractivity contribution is -0.116. The summed E-state index contributed by atoms with van der Waals surface area (Å²) in [4.78, 5) is 28.3. The van der Waals surface area contributed by atoms with Crippen molar-refractivity contribution in [2.24, 2.45) is 0 Å². The van der Waals surface area contributed by atoms with Gasteiger partial charge in [0.05, 0.1) is 17.6 Å². The van der Waals surface area contributed by atoms with E-state index in [0.29, 0.717) is 34.2 Å². The number of furan rings is 1. The summed E-state index contributed by atoms with van der Waals surface area (Å²) >= 11 is 5.98. The average Bonchev–Trinajstić information content (AvgIpc) is 3.25. The van der Waals surface area contributed by atoms with Crippen LogP contribution in [0.1, 0.15) is 31.1 Å². The lowest BCUT2D eigenvalue weighted by Crippen LogP contribution is -2.40. The molecule has 5 rings (SSSR count). The van der Waals surface area contributed by atoms with E-state index in [1.807, 2.05) is 24.3 Å². The van der Waals surface area contributed by atoms with Crippen molar-refractivity contribution >= 4 is 40.5 Å². The van der Waals surface area contributed by atoms with Gasteiger partial charge in [-0.2, -0.15) is 0 Å². The lowest BCUT2D eigenvalue weighted by Gasteiger charge is -2.32. The van der Waals surface area contributed by atoms with E-state index in [4.69, 9.17) is 16.0 Å². The van der Waals surface area contributed by atoms with Gasteiger partial charge in [0.2, 0.25) is 0 Å². The largest absolute Gasteiger partial charge is 0.467 e. The van der Waals surface area contributed by atoms with Crippen LogP contribution in [-0.4, -0.2) is 11.8 Å². The molecular weight excluding hydrogens is 414 g/mol. The molecule has 2 N–H and O–H groups in total. The quantitative estimate of drug-likeness (QED) is 0.508. The Morgan fingerprint density at radius 1 is 1.06 bits per heavy atom. The van der Waals surface area contributed by atoms with E-state index in [9.17, 15) is 9.59 Å². The fraction of sp³-hybridized carbons (Fsp3) is 0.167. The summed E-state index contributed by atoms with van der Waals surface area (Å²) < 4.78 is 5.73. The molecular formula is C24H20ClN3O3. The second kappa shape index (κ2) is 7.96. The summed E-state index contributed by atoms with van der Waals surface area (Å²) in [6.45, 7) is 0. The van der Waals surface area contributed by atoms with E-state index in [-0.39, 0.29) is 11.8 Å².